The molecule has 0 radical (unpaired) electrons. The van der Waals surface area contributed by atoms with Crippen molar-refractivity contribution in [3.05, 3.63) is 35.4 Å². The zero-order chi connectivity index (χ0) is 12.4. The fraction of sp³-hybridized carbons (Fsp3) is 0.167. The van der Waals surface area contributed by atoms with Crippen molar-refractivity contribution in [2.24, 2.45) is 5.73 Å². The molecule has 0 atom stereocenters. The van der Waals surface area contributed by atoms with E-state index in [9.17, 15) is 0 Å². The van der Waals surface area contributed by atoms with Crippen LogP contribution in [-0.4, -0.2) is 11.6 Å². The highest BCUT2D eigenvalue weighted by Gasteiger charge is 2.08. The number of nitrogens with one attached hydrogen (secondary N) is 1. The molecule has 2 rings (SSSR count). The molecule has 1 aromatic carbocycles. The molecule has 0 aliphatic carbocycles. The Morgan fingerprint density at radius 2 is 2.29 bits per heavy atom. The van der Waals surface area contributed by atoms with Gasteiger partial charge in [0.05, 0.1) is 12.2 Å². The number of rotatable bonds is 3. The predicted molar refractivity (Wildman–Crippen MR) is 69.1 cm³/mol. The molecule has 88 valence electrons. The summed E-state index contributed by atoms with van der Waals surface area (Å²) in [6.07, 6.45) is 0. The van der Waals surface area contributed by atoms with E-state index < -0.39 is 0 Å². The first kappa shape index (κ1) is 11.6. The van der Waals surface area contributed by atoms with Crippen LogP contribution in [0.25, 0.3) is 11.0 Å². The van der Waals surface area contributed by atoms with E-state index in [2.05, 4.69) is 0 Å². The van der Waals surface area contributed by atoms with Crippen molar-refractivity contribution >= 4 is 28.2 Å². The number of benzene rings is 1. The number of hydrogen-bond acceptors (Lipinski definition) is 4. The molecule has 0 spiro atoms. The second-order valence-corrected chi connectivity index (χ2v) is 3.90. The van der Waals surface area contributed by atoms with Crippen molar-refractivity contribution in [2.75, 3.05) is 6.61 Å². The Hall–Kier alpha value is -1.88. The van der Waals surface area contributed by atoms with Crippen LogP contribution in [0.2, 0.25) is 0 Å². The highest BCUT2D eigenvalue weighted by molar-refractivity contribution is 7.80. The topological polar surface area (TPSA) is 72.2 Å². The first-order chi connectivity index (χ1) is 8.13. The Morgan fingerprint density at radius 3 is 2.94 bits per heavy atom. The van der Waals surface area contributed by atoms with Crippen LogP contribution in [0.4, 0.5) is 0 Å². The summed E-state index contributed by atoms with van der Waals surface area (Å²) in [6.45, 7) is 2.43. The Kier molecular flexibility index (Phi) is 3.10. The first-order valence-electron chi connectivity index (χ1n) is 5.17. The van der Waals surface area contributed by atoms with Gasteiger partial charge < -0.3 is 14.9 Å². The second-order valence-electron chi connectivity index (χ2n) is 3.46. The van der Waals surface area contributed by atoms with Crippen molar-refractivity contribution in [1.82, 2.24) is 0 Å². The number of para-hydroxylation sites is 1. The highest BCUT2D eigenvalue weighted by Crippen LogP contribution is 2.24. The molecule has 0 saturated carbocycles. The lowest BCUT2D eigenvalue weighted by Crippen LogP contribution is -2.19. The van der Waals surface area contributed by atoms with Crippen LogP contribution in [0.1, 0.15) is 12.5 Å². The summed E-state index contributed by atoms with van der Waals surface area (Å²) in [5.74, 6) is 0.619. The molecule has 5 heteroatoms. The fourth-order valence-electron chi connectivity index (χ4n) is 1.59. The van der Waals surface area contributed by atoms with E-state index in [0.29, 0.717) is 23.5 Å². The Labute approximate surface area is 104 Å². The van der Waals surface area contributed by atoms with E-state index in [1.54, 1.807) is 12.1 Å². The molecule has 3 N–H and O–H groups in total. The van der Waals surface area contributed by atoms with Crippen molar-refractivity contribution < 1.29 is 9.15 Å². The van der Waals surface area contributed by atoms with Gasteiger partial charge in [0.2, 0.25) is 5.55 Å². The number of ether oxygens (including phenoxy) is 1. The van der Waals surface area contributed by atoms with Crippen LogP contribution in [-0.2, 0) is 0 Å². The molecule has 2 aromatic rings. The van der Waals surface area contributed by atoms with E-state index in [0.717, 1.165) is 5.39 Å². The van der Waals surface area contributed by atoms with Gasteiger partial charge in [0.15, 0.2) is 11.3 Å². The van der Waals surface area contributed by atoms with Gasteiger partial charge in [0, 0.05) is 5.39 Å². The molecular formula is C12H12N2O2S. The third-order valence-corrected chi connectivity index (χ3v) is 2.54. The van der Waals surface area contributed by atoms with Gasteiger partial charge in [-0.25, -0.2) is 0 Å². The van der Waals surface area contributed by atoms with Gasteiger partial charge in [0.25, 0.3) is 0 Å². The molecule has 17 heavy (non-hydrogen) atoms. The van der Waals surface area contributed by atoms with Crippen molar-refractivity contribution in [1.29, 1.82) is 5.41 Å². The largest absolute Gasteiger partial charge is 0.490 e. The number of fused-ring (bicyclic) bond motifs is 1. The van der Waals surface area contributed by atoms with Gasteiger partial charge in [-0.1, -0.05) is 24.4 Å². The Bertz CT molecular complexity index is 634. The lowest BCUT2D eigenvalue weighted by molar-refractivity contribution is 0.336. The van der Waals surface area contributed by atoms with Crippen molar-refractivity contribution in [3.63, 3.8) is 0 Å². The van der Waals surface area contributed by atoms with Gasteiger partial charge >= 0.3 is 0 Å². The molecule has 0 unspecified atom stereocenters. The minimum absolute atomic E-state index is 0.0443. The molecule has 0 bridgehead atoms. The van der Waals surface area contributed by atoms with Gasteiger partial charge in [0.1, 0.15) is 4.99 Å². The lowest BCUT2D eigenvalue weighted by atomic mass is 10.1. The maximum Gasteiger partial charge on any atom is 0.222 e. The molecule has 0 saturated heterocycles. The van der Waals surface area contributed by atoms with Crippen LogP contribution < -0.4 is 16.0 Å². The van der Waals surface area contributed by atoms with Crippen molar-refractivity contribution in [3.8, 4) is 5.75 Å². The third-order valence-electron chi connectivity index (χ3n) is 2.32. The van der Waals surface area contributed by atoms with E-state index in [1.165, 1.54) is 0 Å². The van der Waals surface area contributed by atoms with Gasteiger partial charge in [-0.15, -0.1) is 0 Å². The summed E-state index contributed by atoms with van der Waals surface area (Å²) >= 11 is 4.86. The fourth-order valence-corrected chi connectivity index (χ4v) is 1.74. The maximum atomic E-state index is 7.72. The van der Waals surface area contributed by atoms with Crippen LogP contribution in [0.5, 0.6) is 5.75 Å². The summed E-state index contributed by atoms with van der Waals surface area (Å²) < 4.78 is 10.8. The minimum Gasteiger partial charge on any atom is -0.490 e. The highest BCUT2D eigenvalue weighted by atomic mass is 32.1. The SMILES string of the molecule is CCOc1cccc2cc(C(N)=S)c(=N)oc12. The Balaban J connectivity index is 2.73. The monoisotopic (exact) mass is 248 g/mol. The summed E-state index contributed by atoms with van der Waals surface area (Å²) in [6, 6.07) is 7.26. The molecule has 0 fully saturated rings. The molecule has 1 heterocycles. The summed E-state index contributed by atoms with van der Waals surface area (Å²) in [7, 11) is 0. The van der Waals surface area contributed by atoms with E-state index in [1.807, 2.05) is 19.1 Å². The zero-order valence-corrected chi connectivity index (χ0v) is 10.1. The molecule has 1 aromatic heterocycles. The quantitative estimate of drug-likeness (QED) is 0.814. The second kappa shape index (κ2) is 4.55. The lowest BCUT2D eigenvalue weighted by Gasteiger charge is -2.07. The standard InChI is InChI=1S/C12H12N2O2S/c1-2-15-9-5-3-4-7-6-8(12(14)17)11(13)16-10(7)9/h3-6,13H,2H2,1H3,(H2,14,17). The van der Waals surface area contributed by atoms with E-state index in [-0.39, 0.29) is 10.5 Å². The molecule has 0 aliphatic heterocycles. The smallest absolute Gasteiger partial charge is 0.222 e. The first-order valence-corrected chi connectivity index (χ1v) is 5.58. The average Bonchev–Trinajstić information content (AvgIpc) is 2.29. The van der Waals surface area contributed by atoms with Crippen LogP contribution in [0, 0.1) is 5.41 Å². The molecule has 0 amide bonds. The number of thiocarbonyl (C=S) groups is 1. The minimum atomic E-state index is -0.0443. The normalized spacial score (nSPS) is 10.4. The zero-order valence-electron chi connectivity index (χ0n) is 9.32. The number of nitrogens with two attached hydrogens (primary N) is 1. The maximum absolute atomic E-state index is 7.72. The van der Waals surface area contributed by atoms with Crippen LogP contribution in [0.15, 0.2) is 28.7 Å². The van der Waals surface area contributed by atoms with E-state index >= 15 is 0 Å². The van der Waals surface area contributed by atoms with Gasteiger partial charge in [-0.2, -0.15) is 0 Å². The van der Waals surface area contributed by atoms with Gasteiger partial charge in [-0.3, -0.25) is 5.41 Å². The molecule has 4 nitrogen and oxygen atoms in total. The molecule has 0 aliphatic rings. The predicted octanol–water partition coefficient (Wildman–Crippen LogP) is 1.95. The molecular weight excluding hydrogens is 236 g/mol. The van der Waals surface area contributed by atoms with Crippen molar-refractivity contribution in [2.45, 2.75) is 6.92 Å². The van der Waals surface area contributed by atoms with Crippen LogP contribution in [0.3, 0.4) is 0 Å². The summed E-state index contributed by atoms with van der Waals surface area (Å²) in [4.78, 5) is 0.155. The summed E-state index contributed by atoms with van der Waals surface area (Å²) in [5, 5.41) is 8.54. The third kappa shape index (κ3) is 2.14. The van der Waals surface area contributed by atoms with Gasteiger partial charge in [-0.05, 0) is 19.1 Å². The Morgan fingerprint density at radius 1 is 1.53 bits per heavy atom. The summed E-state index contributed by atoms with van der Waals surface area (Å²) in [5.41, 5.74) is 6.45. The van der Waals surface area contributed by atoms with Crippen LogP contribution >= 0.6 is 12.2 Å². The van der Waals surface area contributed by atoms with E-state index in [4.69, 9.17) is 32.5 Å². The number of hydrogen-bond donors (Lipinski definition) is 2. The average molecular weight is 248 g/mol.